The first-order chi connectivity index (χ1) is 10.4. The van der Waals surface area contributed by atoms with Crippen LogP contribution in [0.25, 0.3) is 11.4 Å². The summed E-state index contributed by atoms with van der Waals surface area (Å²) in [5.74, 6) is -0.398. The fraction of sp³-hybridized carbons (Fsp3) is 0.385. The van der Waals surface area contributed by atoms with Crippen molar-refractivity contribution >= 4 is 54.0 Å². The lowest BCUT2D eigenvalue weighted by Gasteiger charge is -2.09. The van der Waals surface area contributed by atoms with Gasteiger partial charge in [0.25, 0.3) is 0 Å². The highest BCUT2D eigenvalue weighted by Gasteiger charge is 2.20. The molecule has 0 saturated heterocycles. The van der Waals surface area contributed by atoms with E-state index in [0.29, 0.717) is 17.9 Å². The second-order valence-corrected chi connectivity index (χ2v) is 5.38. The molecule has 1 unspecified atom stereocenters. The second-order valence-electron chi connectivity index (χ2n) is 4.64. The van der Waals surface area contributed by atoms with Crippen molar-refractivity contribution in [3.63, 3.8) is 0 Å². The van der Waals surface area contributed by atoms with Crippen LogP contribution in [-0.4, -0.2) is 38.1 Å². The van der Waals surface area contributed by atoms with Crippen molar-refractivity contribution in [2.24, 2.45) is 5.73 Å². The Morgan fingerprint density at radius 2 is 2.04 bits per heavy atom. The van der Waals surface area contributed by atoms with E-state index in [4.69, 9.17) is 33.7 Å². The molecule has 11 heteroatoms. The Kier molecular flexibility index (Phi) is 9.54. The molecule has 2 N–H and O–H groups in total. The summed E-state index contributed by atoms with van der Waals surface area (Å²) in [7, 11) is 0. The van der Waals surface area contributed by atoms with Crippen LogP contribution in [0.15, 0.2) is 12.4 Å². The number of carbonyl (C=O) groups excluding carboxylic acids is 1. The number of nitrogens with two attached hydrogens (primary N) is 1. The minimum atomic E-state index is -0.536. The van der Waals surface area contributed by atoms with E-state index in [1.807, 2.05) is 6.92 Å². The molecule has 0 aliphatic heterocycles. The first-order valence-electron chi connectivity index (χ1n) is 6.60. The van der Waals surface area contributed by atoms with E-state index in [-0.39, 0.29) is 53.6 Å². The van der Waals surface area contributed by atoms with Crippen molar-refractivity contribution in [3.8, 4) is 11.4 Å². The Labute approximate surface area is 161 Å². The van der Waals surface area contributed by atoms with Gasteiger partial charge in [0.2, 0.25) is 11.1 Å². The minimum Gasteiger partial charge on any atom is -0.460 e. The van der Waals surface area contributed by atoms with Crippen molar-refractivity contribution < 1.29 is 9.53 Å². The lowest BCUT2D eigenvalue weighted by Crippen LogP contribution is -2.24. The molecular formula is C13H17Cl4N5O2. The van der Waals surface area contributed by atoms with Crippen molar-refractivity contribution in [3.05, 3.63) is 28.5 Å². The summed E-state index contributed by atoms with van der Waals surface area (Å²) in [6.07, 6.45) is 3.01. The molecule has 0 aliphatic rings. The van der Waals surface area contributed by atoms with E-state index in [0.717, 1.165) is 0 Å². The monoisotopic (exact) mass is 415 g/mol. The predicted molar refractivity (Wildman–Crippen MR) is 97.4 cm³/mol. The number of rotatable bonds is 5. The van der Waals surface area contributed by atoms with E-state index < -0.39 is 5.97 Å². The average molecular weight is 417 g/mol. The minimum absolute atomic E-state index is 0. The largest absolute Gasteiger partial charge is 0.460 e. The fourth-order valence-electron chi connectivity index (χ4n) is 1.86. The molecule has 0 radical (unpaired) electrons. The third-order valence-electron chi connectivity index (χ3n) is 2.68. The van der Waals surface area contributed by atoms with Crippen molar-refractivity contribution in [2.75, 3.05) is 6.61 Å². The molecule has 0 amide bonds. The van der Waals surface area contributed by atoms with Gasteiger partial charge >= 0.3 is 5.97 Å². The lowest BCUT2D eigenvalue weighted by molar-refractivity contribution is 0.0506. The summed E-state index contributed by atoms with van der Waals surface area (Å²) in [4.78, 5) is 24.1. The molecular weight excluding hydrogens is 400 g/mol. The van der Waals surface area contributed by atoms with Gasteiger partial charge in [-0.25, -0.2) is 19.7 Å². The van der Waals surface area contributed by atoms with Crippen LogP contribution in [-0.2, 0) is 11.3 Å². The molecule has 2 heterocycles. The predicted octanol–water partition coefficient (Wildman–Crippen LogP) is 3.01. The van der Waals surface area contributed by atoms with Crippen LogP contribution >= 0.6 is 48.0 Å². The zero-order valence-electron chi connectivity index (χ0n) is 12.9. The van der Waals surface area contributed by atoms with E-state index >= 15 is 0 Å². The Morgan fingerprint density at radius 1 is 1.38 bits per heavy atom. The number of imidazole rings is 1. The fourth-order valence-corrected chi connectivity index (χ4v) is 2.18. The highest BCUT2D eigenvalue weighted by atomic mass is 35.5. The molecule has 24 heavy (non-hydrogen) atoms. The van der Waals surface area contributed by atoms with Gasteiger partial charge in [0, 0.05) is 18.8 Å². The summed E-state index contributed by atoms with van der Waals surface area (Å²) in [6, 6.07) is -0.167. The highest BCUT2D eigenvalue weighted by molar-refractivity contribution is 6.33. The normalized spacial score (nSPS) is 11.2. The van der Waals surface area contributed by atoms with Crippen molar-refractivity contribution in [1.82, 2.24) is 19.5 Å². The lowest BCUT2D eigenvalue weighted by atomic mass is 10.3. The Morgan fingerprint density at radius 3 is 2.62 bits per heavy atom. The van der Waals surface area contributed by atoms with Crippen LogP contribution in [0.1, 0.15) is 24.5 Å². The number of esters is 1. The number of ether oxygens (including phenoxy) is 1. The molecule has 0 fully saturated rings. The number of nitrogens with zero attached hydrogens (tertiary/aromatic N) is 4. The van der Waals surface area contributed by atoms with Gasteiger partial charge < -0.3 is 15.0 Å². The van der Waals surface area contributed by atoms with E-state index in [1.54, 1.807) is 17.7 Å². The zero-order chi connectivity index (χ0) is 16.3. The molecule has 7 nitrogen and oxygen atoms in total. The number of hydrogen-bond acceptors (Lipinski definition) is 6. The molecule has 2 rings (SSSR count). The SMILES string of the molecule is CCOC(=O)c1nc(-c2nc(Cl)ncc2Cl)cn1CC(C)N.Cl.Cl. The smallest absolute Gasteiger partial charge is 0.374 e. The maximum atomic E-state index is 12.0. The van der Waals surface area contributed by atoms with Crippen LogP contribution in [0.5, 0.6) is 0 Å². The van der Waals surface area contributed by atoms with Crippen molar-refractivity contribution in [1.29, 1.82) is 0 Å². The van der Waals surface area contributed by atoms with Gasteiger partial charge in [-0.3, -0.25) is 0 Å². The second kappa shape index (κ2) is 10.0. The summed E-state index contributed by atoms with van der Waals surface area (Å²) in [6.45, 7) is 4.19. The van der Waals surface area contributed by atoms with E-state index in [2.05, 4.69) is 15.0 Å². The highest BCUT2D eigenvalue weighted by Crippen LogP contribution is 2.26. The van der Waals surface area contributed by atoms with Crippen LogP contribution < -0.4 is 5.73 Å². The first-order valence-corrected chi connectivity index (χ1v) is 7.36. The topological polar surface area (TPSA) is 95.9 Å². The molecule has 0 saturated carbocycles. The van der Waals surface area contributed by atoms with Gasteiger partial charge in [0.15, 0.2) is 0 Å². The number of carbonyl (C=O) groups is 1. The summed E-state index contributed by atoms with van der Waals surface area (Å²) in [5, 5.41) is 0.323. The van der Waals surface area contributed by atoms with Crippen LogP contribution in [0.2, 0.25) is 10.3 Å². The first kappa shape index (κ1) is 22.9. The Hall–Kier alpha value is -1.12. The molecule has 134 valence electrons. The molecule has 0 aliphatic carbocycles. The van der Waals surface area contributed by atoms with Crippen LogP contribution in [0.3, 0.4) is 0 Å². The quantitative estimate of drug-likeness (QED) is 0.594. The molecule has 0 bridgehead atoms. The van der Waals surface area contributed by atoms with Gasteiger partial charge in [-0.15, -0.1) is 24.8 Å². The molecule has 0 spiro atoms. The van der Waals surface area contributed by atoms with Gasteiger partial charge in [-0.05, 0) is 25.4 Å². The molecule has 0 aromatic carbocycles. The summed E-state index contributed by atoms with van der Waals surface area (Å²) >= 11 is 11.8. The van der Waals surface area contributed by atoms with Gasteiger partial charge in [-0.2, -0.15) is 0 Å². The number of aromatic nitrogens is 4. The summed E-state index contributed by atoms with van der Waals surface area (Å²) in [5.41, 5.74) is 6.54. The summed E-state index contributed by atoms with van der Waals surface area (Å²) < 4.78 is 6.61. The van der Waals surface area contributed by atoms with Crippen molar-refractivity contribution in [2.45, 2.75) is 26.4 Å². The maximum Gasteiger partial charge on any atom is 0.374 e. The van der Waals surface area contributed by atoms with E-state index in [1.165, 1.54) is 6.20 Å². The number of halogens is 4. The molecule has 2 aromatic heterocycles. The van der Waals surface area contributed by atoms with Gasteiger partial charge in [0.05, 0.1) is 17.8 Å². The number of hydrogen-bond donors (Lipinski definition) is 1. The third kappa shape index (κ3) is 5.46. The Balaban J connectivity index is 0.00000264. The standard InChI is InChI=1S/C13H15Cl2N5O2.2ClH/c1-3-22-12(21)11-18-9(6-20(11)5-7(2)16)10-8(14)4-17-13(15)19-10;;/h4,6-7H,3,5,16H2,1-2H3;2*1H. The maximum absolute atomic E-state index is 12.0. The van der Waals surface area contributed by atoms with Gasteiger partial charge in [0.1, 0.15) is 11.4 Å². The van der Waals surface area contributed by atoms with Gasteiger partial charge in [-0.1, -0.05) is 11.6 Å². The molecule has 1 atom stereocenters. The third-order valence-corrected chi connectivity index (χ3v) is 3.14. The average Bonchev–Trinajstić information content (AvgIpc) is 2.84. The Bertz CT molecular complexity index is 693. The zero-order valence-corrected chi connectivity index (χ0v) is 16.0. The molecule has 2 aromatic rings. The van der Waals surface area contributed by atoms with E-state index in [9.17, 15) is 4.79 Å². The van der Waals surface area contributed by atoms with Crippen LogP contribution in [0.4, 0.5) is 0 Å². The van der Waals surface area contributed by atoms with Crippen LogP contribution in [0, 0.1) is 0 Å².